The van der Waals surface area contributed by atoms with Crippen molar-refractivity contribution in [3.05, 3.63) is 96.1 Å². The van der Waals surface area contributed by atoms with E-state index in [1.54, 1.807) is 12.1 Å². The van der Waals surface area contributed by atoms with Crippen molar-refractivity contribution >= 4 is 17.5 Å². The average molecular weight is 392 g/mol. The number of anilines is 2. The Balaban J connectivity index is 1.45. The van der Waals surface area contributed by atoms with Crippen LogP contribution in [0.2, 0.25) is 0 Å². The first-order chi connectivity index (χ1) is 14.1. The first-order valence-electron chi connectivity index (χ1n) is 9.34. The first kappa shape index (κ1) is 20.4. The fraction of sp³-hybridized carbons (Fsp3) is 0.174. The van der Waals surface area contributed by atoms with Gasteiger partial charge in [-0.1, -0.05) is 60.7 Å². The summed E-state index contributed by atoms with van der Waals surface area (Å²) in [7, 11) is 0. The number of hydrogen-bond donors (Lipinski definition) is 4. The average Bonchev–Trinajstić information content (AvgIpc) is 2.77. The van der Waals surface area contributed by atoms with Crippen molar-refractivity contribution in [2.75, 3.05) is 11.9 Å². The lowest BCUT2D eigenvalue weighted by Gasteiger charge is -2.19. The zero-order valence-corrected chi connectivity index (χ0v) is 15.9. The molecule has 2 unspecified atom stereocenters. The largest absolute Gasteiger partial charge is 0.445 e. The maximum Gasteiger partial charge on any atom is 0.407 e. The number of amides is 1. The molecule has 3 aromatic rings. The number of aliphatic hydroxyl groups excluding tert-OH is 2. The van der Waals surface area contributed by atoms with Crippen LogP contribution in [0.5, 0.6) is 0 Å². The Kier molecular flexibility index (Phi) is 7.22. The maximum atomic E-state index is 11.8. The molecule has 3 aromatic carbocycles. The second kappa shape index (κ2) is 10.3. The summed E-state index contributed by atoms with van der Waals surface area (Å²) in [5.41, 5.74) is 3.24. The van der Waals surface area contributed by atoms with E-state index < -0.39 is 18.3 Å². The molecule has 0 saturated carbocycles. The van der Waals surface area contributed by atoms with Gasteiger partial charge < -0.3 is 25.6 Å². The SMILES string of the molecule is O=C(NCC(O)C(O)c1ccc(Nc2ccccc2)cc1)OCc1ccccc1. The molecule has 2 atom stereocenters. The molecule has 6 heteroatoms. The number of hydrogen-bond acceptors (Lipinski definition) is 5. The van der Waals surface area contributed by atoms with E-state index in [-0.39, 0.29) is 13.2 Å². The number of ether oxygens (including phenoxy) is 1. The molecule has 0 aliphatic heterocycles. The van der Waals surface area contributed by atoms with Crippen LogP contribution in [-0.4, -0.2) is 29.0 Å². The zero-order chi connectivity index (χ0) is 20.5. The lowest BCUT2D eigenvalue weighted by Crippen LogP contribution is -2.35. The fourth-order valence-electron chi connectivity index (χ4n) is 2.75. The molecular weight excluding hydrogens is 368 g/mol. The fourth-order valence-corrected chi connectivity index (χ4v) is 2.75. The van der Waals surface area contributed by atoms with Gasteiger partial charge in [-0.05, 0) is 35.4 Å². The third-order valence-corrected chi connectivity index (χ3v) is 4.35. The molecule has 0 spiro atoms. The maximum absolute atomic E-state index is 11.8. The molecule has 0 fully saturated rings. The molecule has 0 heterocycles. The van der Waals surface area contributed by atoms with E-state index in [1.165, 1.54) is 0 Å². The van der Waals surface area contributed by atoms with Gasteiger partial charge in [0.2, 0.25) is 0 Å². The summed E-state index contributed by atoms with van der Waals surface area (Å²) in [5, 5.41) is 26.2. The predicted octanol–water partition coefficient (Wildman–Crippen LogP) is 3.75. The van der Waals surface area contributed by atoms with Gasteiger partial charge in [0.15, 0.2) is 0 Å². The molecule has 0 aliphatic rings. The van der Waals surface area contributed by atoms with Crippen LogP contribution in [-0.2, 0) is 11.3 Å². The summed E-state index contributed by atoms with van der Waals surface area (Å²) in [4.78, 5) is 11.8. The lowest BCUT2D eigenvalue weighted by molar-refractivity contribution is 0.0184. The molecule has 0 aromatic heterocycles. The van der Waals surface area contributed by atoms with Gasteiger partial charge in [-0.2, -0.15) is 0 Å². The number of aliphatic hydroxyl groups is 2. The third-order valence-electron chi connectivity index (χ3n) is 4.35. The highest BCUT2D eigenvalue weighted by Gasteiger charge is 2.19. The molecule has 4 N–H and O–H groups in total. The van der Waals surface area contributed by atoms with Crippen LogP contribution in [0.1, 0.15) is 17.2 Å². The molecule has 150 valence electrons. The summed E-state index contributed by atoms with van der Waals surface area (Å²) in [6, 6.07) is 26.1. The van der Waals surface area contributed by atoms with Gasteiger partial charge in [-0.25, -0.2) is 4.79 Å². The summed E-state index contributed by atoms with van der Waals surface area (Å²) in [5.74, 6) is 0. The van der Waals surface area contributed by atoms with E-state index in [0.717, 1.165) is 16.9 Å². The van der Waals surface area contributed by atoms with Crippen LogP contribution >= 0.6 is 0 Å². The Morgan fingerprint density at radius 2 is 1.41 bits per heavy atom. The van der Waals surface area contributed by atoms with E-state index in [2.05, 4.69) is 10.6 Å². The summed E-state index contributed by atoms with van der Waals surface area (Å²) in [6.45, 7) is 0.0139. The van der Waals surface area contributed by atoms with Crippen molar-refractivity contribution in [2.45, 2.75) is 18.8 Å². The highest BCUT2D eigenvalue weighted by molar-refractivity contribution is 5.67. The molecule has 6 nitrogen and oxygen atoms in total. The van der Waals surface area contributed by atoms with Gasteiger partial charge in [0.25, 0.3) is 0 Å². The van der Waals surface area contributed by atoms with Gasteiger partial charge in [-0.15, -0.1) is 0 Å². The van der Waals surface area contributed by atoms with Crippen LogP contribution in [0.3, 0.4) is 0 Å². The van der Waals surface area contributed by atoms with E-state index >= 15 is 0 Å². The van der Waals surface area contributed by atoms with Crippen molar-refractivity contribution in [3.63, 3.8) is 0 Å². The third kappa shape index (κ3) is 6.34. The summed E-state index contributed by atoms with van der Waals surface area (Å²) in [6.07, 6.45) is -2.94. The van der Waals surface area contributed by atoms with Crippen LogP contribution in [0, 0.1) is 0 Å². The Morgan fingerprint density at radius 3 is 2.07 bits per heavy atom. The monoisotopic (exact) mass is 392 g/mol. The highest BCUT2D eigenvalue weighted by atomic mass is 16.5. The van der Waals surface area contributed by atoms with Crippen molar-refractivity contribution < 1.29 is 19.7 Å². The van der Waals surface area contributed by atoms with Crippen molar-refractivity contribution in [1.82, 2.24) is 5.32 Å². The number of nitrogens with one attached hydrogen (secondary N) is 2. The number of carbonyl (C=O) groups is 1. The van der Waals surface area contributed by atoms with E-state index in [4.69, 9.17) is 4.74 Å². The molecular formula is C23H24N2O4. The molecule has 0 radical (unpaired) electrons. The number of carbonyl (C=O) groups excluding carboxylic acids is 1. The number of alkyl carbamates (subject to hydrolysis) is 1. The Morgan fingerprint density at radius 1 is 0.828 bits per heavy atom. The van der Waals surface area contributed by atoms with E-state index in [1.807, 2.05) is 72.8 Å². The Bertz CT molecular complexity index is 886. The molecule has 29 heavy (non-hydrogen) atoms. The number of para-hydroxylation sites is 1. The minimum Gasteiger partial charge on any atom is -0.445 e. The second-order valence-electron chi connectivity index (χ2n) is 6.57. The topological polar surface area (TPSA) is 90.8 Å². The normalized spacial score (nSPS) is 12.6. The molecule has 3 rings (SSSR count). The Hall–Kier alpha value is -3.35. The van der Waals surface area contributed by atoms with Crippen molar-refractivity contribution in [3.8, 4) is 0 Å². The summed E-state index contributed by atoms with van der Waals surface area (Å²) >= 11 is 0. The molecule has 0 aliphatic carbocycles. The van der Waals surface area contributed by atoms with Crippen LogP contribution in [0.25, 0.3) is 0 Å². The van der Waals surface area contributed by atoms with Crippen LogP contribution in [0.15, 0.2) is 84.9 Å². The smallest absolute Gasteiger partial charge is 0.407 e. The lowest BCUT2D eigenvalue weighted by atomic mass is 10.0. The first-order valence-corrected chi connectivity index (χ1v) is 9.34. The number of rotatable bonds is 8. The van der Waals surface area contributed by atoms with Crippen molar-refractivity contribution in [1.29, 1.82) is 0 Å². The second-order valence-corrected chi connectivity index (χ2v) is 6.57. The van der Waals surface area contributed by atoms with Gasteiger partial charge >= 0.3 is 6.09 Å². The zero-order valence-electron chi connectivity index (χ0n) is 15.9. The van der Waals surface area contributed by atoms with E-state index in [9.17, 15) is 15.0 Å². The summed E-state index contributed by atoms with van der Waals surface area (Å²) < 4.78 is 5.09. The quantitative estimate of drug-likeness (QED) is 0.469. The Labute approximate surface area is 169 Å². The van der Waals surface area contributed by atoms with Gasteiger partial charge in [0.05, 0.1) is 0 Å². The molecule has 0 bridgehead atoms. The van der Waals surface area contributed by atoms with Gasteiger partial charge in [0.1, 0.15) is 18.8 Å². The van der Waals surface area contributed by atoms with Crippen molar-refractivity contribution in [2.24, 2.45) is 0 Å². The number of benzene rings is 3. The predicted molar refractivity (Wildman–Crippen MR) is 112 cm³/mol. The van der Waals surface area contributed by atoms with Crippen LogP contribution in [0.4, 0.5) is 16.2 Å². The van der Waals surface area contributed by atoms with Gasteiger partial charge in [-0.3, -0.25) is 0 Å². The molecule has 1 amide bonds. The van der Waals surface area contributed by atoms with E-state index in [0.29, 0.717) is 5.56 Å². The minimum absolute atomic E-state index is 0.126. The standard InChI is InChI=1S/C23H24N2O4/c26-21(15-24-23(28)29-16-17-7-3-1-4-8-17)22(27)18-11-13-20(14-12-18)25-19-9-5-2-6-10-19/h1-14,21-22,25-27H,15-16H2,(H,24,28). The minimum atomic E-state index is -1.16. The van der Waals surface area contributed by atoms with Gasteiger partial charge in [0, 0.05) is 17.9 Å². The van der Waals surface area contributed by atoms with Crippen LogP contribution < -0.4 is 10.6 Å². The highest BCUT2D eigenvalue weighted by Crippen LogP contribution is 2.21. The molecule has 0 saturated heterocycles.